The molecule has 3 atom stereocenters. The third kappa shape index (κ3) is 3.94. The van der Waals surface area contributed by atoms with Gasteiger partial charge in [0, 0.05) is 29.6 Å². The molecule has 3 fully saturated rings. The van der Waals surface area contributed by atoms with Gasteiger partial charge >= 0.3 is 6.03 Å². The molecule has 2 heterocycles. The van der Waals surface area contributed by atoms with E-state index in [0.29, 0.717) is 18.2 Å². The van der Waals surface area contributed by atoms with Crippen LogP contribution in [0.15, 0.2) is 48.5 Å². The highest BCUT2D eigenvalue weighted by Crippen LogP contribution is 2.43. The number of carbonyl (C=O) groups is 2. The topological polar surface area (TPSA) is 72.9 Å². The van der Waals surface area contributed by atoms with E-state index in [1.54, 1.807) is 11.0 Å². The number of aliphatic hydroxyl groups excluding tert-OH is 1. The van der Waals surface area contributed by atoms with Crippen molar-refractivity contribution in [3.63, 3.8) is 0 Å². The van der Waals surface area contributed by atoms with Crippen molar-refractivity contribution in [1.82, 2.24) is 9.80 Å². The van der Waals surface area contributed by atoms with Gasteiger partial charge < -0.3 is 20.2 Å². The summed E-state index contributed by atoms with van der Waals surface area (Å²) in [6.45, 7) is 0.138. The fourth-order valence-corrected chi connectivity index (χ4v) is 4.62. The van der Waals surface area contributed by atoms with E-state index in [1.165, 1.54) is 35.9 Å². The molecule has 1 saturated carbocycles. The second-order valence-corrected chi connectivity index (χ2v) is 8.63. The van der Waals surface area contributed by atoms with Gasteiger partial charge in [-0.25, -0.2) is 9.18 Å². The number of anilines is 1. The maximum Gasteiger partial charge on any atom is 0.322 e. The Hall–Kier alpha value is -3.37. The zero-order valence-corrected chi connectivity index (χ0v) is 17.5. The van der Waals surface area contributed by atoms with Gasteiger partial charge in [0.1, 0.15) is 12.4 Å². The van der Waals surface area contributed by atoms with E-state index >= 15 is 0 Å². The number of urea groups is 1. The fourth-order valence-electron chi connectivity index (χ4n) is 4.62. The van der Waals surface area contributed by atoms with Gasteiger partial charge in [-0.15, -0.1) is 0 Å². The molecule has 2 aliphatic heterocycles. The van der Waals surface area contributed by atoms with E-state index in [-0.39, 0.29) is 37.1 Å². The molecule has 2 aromatic rings. The van der Waals surface area contributed by atoms with Crippen LogP contribution in [-0.2, 0) is 4.79 Å². The van der Waals surface area contributed by atoms with Crippen molar-refractivity contribution in [2.24, 2.45) is 5.92 Å². The van der Waals surface area contributed by atoms with E-state index in [9.17, 15) is 19.1 Å². The van der Waals surface area contributed by atoms with Gasteiger partial charge in [0.25, 0.3) is 0 Å². The number of rotatable bonds is 3. The number of amides is 3. The molecule has 2 N–H and O–H groups in total. The van der Waals surface area contributed by atoms with Gasteiger partial charge in [0.15, 0.2) is 0 Å². The third-order valence-corrected chi connectivity index (χ3v) is 6.41. The van der Waals surface area contributed by atoms with Gasteiger partial charge in [-0.05, 0) is 48.7 Å². The molecule has 164 valence electrons. The molecular formula is C25H24FN3O3. The minimum absolute atomic E-state index is 0.0702. The Bertz CT molecular complexity index is 1100. The summed E-state index contributed by atoms with van der Waals surface area (Å²) in [7, 11) is 0. The number of piperazine rings is 1. The molecule has 0 spiro atoms. The number of nitrogens with zero attached hydrogens (tertiary/aromatic N) is 2. The van der Waals surface area contributed by atoms with Crippen LogP contribution >= 0.6 is 0 Å². The van der Waals surface area contributed by atoms with Gasteiger partial charge in [0.05, 0.1) is 18.7 Å². The highest BCUT2D eigenvalue weighted by Gasteiger charge is 2.54. The Morgan fingerprint density at radius 3 is 2.66 bits per heavy atom. The summed E-state index contributed by atoms with van der Waals surface area (Å²) in [4.78, 5) is 28.6. The van der Waals surface area contributed by atoms with Crippen molar-refractivity contribution < 1.29 is 19.1 Å². The number of benzene rings is 2. The van der Waals surface area contributed by atoms with E-state index in [1.807, 2.05) is 24.3 Å². The lowest BCUT2D eigenvalue weighted by Gasteiger charge is -2.58. The highest BCUT2D eigenvalue weighted by molar-refractivity contribution is 5.93. The number of fused-ring (bicyclic) bond motifs is 1. The smallest absolute Gasteiger partial charge is 0.322 e. The van der Waals surface area contributed by atoms with Crippen LogP contribution in [0.25, 0.3) is 0 Å². The van der Waals surface area contributed by atoms with Crippen LogP contribution in [0.1, 0.15) is 29.9 Å². The molecule has 2 aromatic carbocycles. The summed E-state index contributed by atoms with van der Waals surface area (Å²) in [6, 6.07) is 12.6. The Balaban J connectivity index is 1.31. The zero-order valence-electron chi connectivity index (χ0n) is 17.5. The van der Waals surface area contributed by atoms with Crippen molar-refractivity contribution in [1.29, 1.82) is 0 Å². The van der Waals surface area contributed by atoms with E-state index in [2.05, 4.69) is 17.2 Å². The van der Waals surface area contributed by atoms with E-state index in [4.69, 9.17) is 0 Å². The molecule has 3 aliphatic rings. The van der Waals surface area contributed by atoms with E-state index < -0.39 is 11.8 Å². The molecular weight excluding hydrogens is 409 g/mol. The third-order valence-electron chi connectivity index (χ3n) is 6.41. The predicted molar refractivity (Wildman–Crippen MR) is 117 cm³/mol. The van der Waals surface area contributed by atoms with Crippen molar-refractivity contribution in [2.75, 3.05) is 25.0 Å². The first-order valence-corrected chi connectivity index (χ1v) is 10.9. The number of aliphatic hydroxyl groups is 1. The summed E-state index contributed by atoms with van der Waals surface area (Å²) in [6.07, 6.45) is 2.36. The number of carbonyl (C=O) groups excluding carboxylic acids is 2. The normalized spacial score (nSPS) is 24.2. The molecule has 0 unspecified atom stereocenters. The molecule has 3 amide bonds. The lowest BCUT2D eigenvalue weighted by atomic mass is 9.73. The lowest BCUT2D eigenvalue weighted by molar-refractivity contribution is -0.159. The van der Waals surface area contributed by atoms with Crippen molar-refractivity contribution in [3.8, 4) is 11.8 Å². The summed E-state index contributed by atoms with van der Waals surface area (Å²) < 4.78 is 13.4. The first-order valence-electron chi connectivity index (χ1n) is 10.9. The second-order valence-electron chi connectivity index (χ2n) is 8.63. The van der Waals surface area contributed by atoms with E-state index in [0.717, 1.165) is 11.1 Å². The molecule has 0 aromatic heterocycles. The number of hydrogen-bond acceptors (Lipinski definition) is 3. The van der Waals surface area contributed by atoms with Crippen LogP contribution in [0.4, 0.5) is 14.9 Å². The molecule has 32 heavy (non-hydrogen) atoms. The van der Waals surface area contributed by atoms with Gasteiger partial charge in [0.2, 0.25) is 5.91 Å². The van der Waals surface area contributed by atoms with Gasteiger partial charge in [-0.2, -0.15) is 0 Å². The number of nitrogens with one attached hydrogen (secondary N) is 1. The quantitative estimate of drug-likeness (QED) is 0.732. The Kier molecular flexibility index (Phi) is 5.32. The molecule has 2 saturated heterocycles. The largest absolute Gasteiger partial charge is 0.394 e. The average molecular weight is 433 g/mol. The number of hydrogen-bond donors (Lipinski definition) is 2. The van der Waals surface area contributed by atoms with Crippen molar-refractivity contribution in [2.45, 2.75) is 30.8 Å². The Morgan fingerprint density at radius 2 is 1.97 bits per heavy atom. The molecule has 6 nitrogen and oxygen atoms in total. The van der Waals surface area contributed by atoms with Crippen LogP contribution in [0.5, 0.6) is 0 Å². The van der Waals surface area contributed by atoms with Gasteiger partial charge in [-0.1, -0.05) is 30.0 Å². The first kappa shape index (κ1) is 20.5. The van der Waals surface area contributed by atoms with Crippen LogP contribution < -0.4 is 5.32 Å². The second kappa shape index (κ2) is 8.29. The molecule has 0 bridgehead atoms. The Morgan fingerprint density at radius 1 is 1.19 bits per heavy atom. The maximum absolute atomic E-state index is 13.4. The minimum Gasteiger partial charge on any atom is -0.394 e. The number of halogens is 1. The standard InChI is InChI=1S/C25H24FN3O3/c26-19-2-1-3-20(12-19)27-25(32)28-13-21-24(22(15-30)29(21)23(31)14-28)18-10-8-17(9-11-18)7-6-16-4-5-16/h1-3,8-12,16,21-22,24,30H,4-5,13-15H2,(H,27,32)/t21-,22+,24-/m0/s1. The fraction of sp³-hybridized carbons (Fsp3) is 0.360. The van der Waals surface area contributed by atoms with Crippen LogP contribution in [0.3, 0.4) is 0 Å². The average Bonchev–Trinajstić information content (AvgIpc) is 3.59. The zero-order chi connectivity index (χ0) is 22.2. The van der Waals surface area contributed by atoms with Crippen molar-refractivity contribution >= 4 is 17.6 Å². The van der Waals surface area contributed by atoms with Crippen LogP contribution in [0.2, 0.25) is 0 Å². The highest BCUT2D eigenvalue weighted by atomic mass is 19.1. The molecule has 7 heteroatoms. The first-order chi connectivity index (χ1) is 15.5. The summed E-state index contributed by atoms with van der Waals surface area (Å²) in [5, 5.41) is 12.6. The predicted octanol–water partition coefficient (Wildman–Crippen LogP) is 2.79. The van der Waals surface area contributed by atoms with Crippen LogP contribution in [0, 0.1) is 23.6 Å². The summed E-state index contributed by atoms with van der Waals surface area (Å²) in [5.41, 5.74) is 2.31. The molecule has 1 aliphatic carbocycles. The maximum atomic E-state index is 13.4. The van der Waals surface area contributed by atoms with Crippen LogP contribution in [-0.4, -0.2) is 58.6 Å². The lowest BCUT2D eigenvalue weighted by Crippen LogP contribution is -2.73. The monoisotopic (exact) mass is 433 g/mol. The minimum atomic E-state index is -0.446. The molecule has 0 radical (unpaired) electrons. The molecule has 5 rings (SSSR count). The van der Waals surface area contributed by atoms with Crippen molar-refractivity contribution in [3.05, 3.63) is 65.5 Å². The SMILES string of the molecule is O=C(Nc1cccc(F)c1)N1CC(=O)N2[C@H](CO)[C@@H](c3ccc(C#CC4CC4)cc3)[C@@H]2C1. The summed E-state index contributed by atoms with van der Waals surface area (Å²) >= 11 is 0. The van der Waals surface area contributed by atoms with Gasteiger partial charge in [-0.3, -0.25) is 4.79 Å². The summed E-state index contributed by atoms with van der Waals surface area (Å²) in [5.74, 6) is 6.26. The Labute approximate surface area is 186 Å².